The fraction of sp³-hybridized carbons (Fsp3) is 0.294. The maximum atomic E-state index is 13.8. The Morgan fingerprint density at radius 3 is 2.30 bits per heavy atom. The zero-order chi connectivity index (χ0) is 14.7. The number of benzene rings is 2. The van der Waals surface area contributed by atoms with Crippen LogP contribution in [0.3, 0.4) is 0 Å². The summed E-state index contributed by atoms with van der Waals surface area (Å²) in [5, 5.41) is 12.6. The van der Waals surface area contributed by atoms with Crippen molar-refractivity contribution in [2.45, 2.75) is 32.9 Å². The number of aryl methyl sites for hydroxylation is 1. The summed E-state index contributed by atoms with van der Waals surface area (Å²) in [7, 11) is 0. The Hall–Kier alpha value is -1.87. The molecule has 2 nitrogen and oxygen atoms in total. The summed E-state index contributed by atoms with van der Waals surface area (Å²) in [4.78, 5) is 0. The summed E-state index contributed by atoms with van der Waals surface area (Å²) in [6, 6.07) is 12.4. The maximum Gasteiger partial charge on any atom is 0.131 e. The molecule has 0 radical (unpaired) electrons. The van der Waals surface area contributed by atoms with Crippen molar-refractivity contribution < 1.29 is 9.50 Å². The van der Waals surface area contributed by atoms with E-state index in [1.54, 1.807) is 6.07 Å². The average molecular weight is 273 g/mol. The maximum absolute atomic E-state index is 13.8. The summed E-state index contributed by atoms with van der Waals surface area (Å²) in [5.74, 6) is -0.438. The zero-order valence-corrected chi connectivity index (χ0v) is 12.0. The van der Waals surface area contributed by atoms with Gasteiger partial charge < -0.3 is 10.4 Å². The molecule has 2 N–H and O–H groups in total. The van der Waals surface area contributed by atoms with Gasteiger partial charge in [-0.05, 0) is 38.0 Å². The van der Waals surface area contributed by atoms with Gasteiger partial charge in [0.2, 0.25) is 0 Å². The molecule has 3 heteroatoms. The number of phenolic OH excluding ortho intramolecular Hbond substituents is 1. The van der Waals surface area contributed by atoms with E-state index in [1.165, 1.54) is 17.2 Å². The molecule has 0 aliphatic heterocycles. The summed E-state index contributed by atoms with van der Waals surface area (Å²) < 4.78 is 13.8. The van der Waals surface area contributed by atoms with Crippen LogP contribution in [0.2, 0.25) is 0 Å². The minimum Gasteiger partial charge on any atom is -0.508 e. The van der Waals surface area contributed by atoms with Gasteiger partial charge in [0, 0.05) is 23.7 Å². The summed E-state index contributed by atoms with van der Waals surface area (Å²) in [6.07, 6.45) is 0. The number of hydrogen-bond acceptors (Lipinski definition) is 2. The molecule has 2 aromatic carbocycles. The van der Waals surface area contributed by atoms with Crippen LogP contribution in [0.4, 0.5) is 4.39 Å². The third kappa shape index (κ3) is 3.17. The number of phenols is 1. The van der Waals surface area contributed by atoms with E-state index in [0.717, 1.165) is 6.07 Å². The van der Waals surface area contributed by atoms with Gasteiger partial charge in [-0.2, -0.15) is 0 Å². The second-order valence-electron chi connectivity index (χ2n) is 5.17. The normalized spacial score (nSPS) is 14.0. The largest absolute Gasteiger partial charge is 0.508 e. The smallest absolute Gasteiger partial charge is 0.131 e. The Morgan fingerprint density at radius 2 is 1.65 bits per heavy atom. The number of nitrogens with one attached hydrogen (secondary N) is 1. The van der Waals surface area contributed by atoms with Crippen LogP contribution in [-0.2, 0) is 0 Å². The molecule has 0 heterocycles. The van der Waals surface area contributed by atoms with Crippen molar-refractivity contribution in [1.82, 2.24) is 5.32 Å². The van der Waals surface area contributed by atoms with Gasteiger partial charge in [0.1, 0.15) is 11.6 Å². The number of halogens is 1. The molecule has 1 unspecified atom stereocenters. The van der Waals surface area contributed by atoms with E-state index in [2.05, 4.69) is 31.3 Å². The van der Waals surface area contributed by atoms with Crippen LogP contribution >= 0.6 is 0 Å². The van der Waals surface area contributed by atoms with Gasteiger partial charge in [-0.3, -0.25) is 0 Å². The molecule has 0 aromatic heterocycles. The van der Waals surface area contributed by atoms with Crippen molar-refractivity contribution in [2.75, 3.05) is 0 Å². The van der Waals surface area contributed by atoms with Crippen molar-refractivity contribution in [3.63, 3.8) is 0 Å². The molecule has 2 aromatic rings. The SMILES string of the molecule is Cc1ccccc1[C@@H](C)NC(C)c1ccc(O)cc1F. The van der Waals surface area contributed by atoms with E-state index >= 15 is 0 Å². The van der Waals surface area contributed by atoms with E-state index in [9.17, 15) is 9.50 Å². The van der Waals surface area contributed by atoms with Crippen molar-refractivity contribution in [2.24, 2.45) is 0 Å². The first kappa shape index (κ1) is 14.5. The molecule has 20 heavy (non-hydrogen) atoms. The highest BCUT2D eigenvalue weighted by atomic mass is 19.1. The first-order chi connectivity index (χ1) is 9.49. The Labute approximate surface area is 119 Å². The van der Waals surface area contributed by atoms with Crippen molar-refractivity contribution in [1.29, 1.82) is 0 Å². The van der Waals surface area contributed by atoms with Crippen molar-refractivity contribution in [3.05, 3.63) is 65.0 Å². The van der Waals surface area contributed by atoms with Gasteiger partial charge in [-0.15, -0.1) is 0 Å². The van der Waals surface area contributed by atoms with Gasteiger partial charge >= 0.3 is 0 Å². The first-order valence-corrected chi connectivity index (χ1v) is 6.79. The molecule has 0 amide bonds. The molecular weight excluding hydrogens is 253 g/mol. The van der Waals surface area contributed by atoms with Crippen LogP contribution < -0.4 is 5.32 Å². The number of rotatable bonds is 4. The van der Waals surface area contributed by atoms with Gasteiger partial charge in [-0.25, -0.2) is 4.39 Å². The first-order valence-electron chi connectivity index (χ1n) is 6.79. The van der Waals surface area contributed by atoms with Crippen molar-refractivity contribution in [3.8, 4) is 5.75 Å². The lowest BCUT2D eigenvalue weighted by atomic mass is 10.0. The molecule has 0 saturated heterocycles. The van der Waals surface area contributed by atoms with E-state index in [-0.39, 0.29) is 23.7 Å². The Balaban J connectivity index is 2.15. The van der Waals surface area contributed by atoms with E-state index in [1.807, 2.05) is 19.1 Å². The van der Waals surface area contributed by atoms with E-state index < -0.39 is 0 Å². The average Bonchev–Trinajstić information content (AvgIpc) is 2.38. The van der Waals surface area contributed by atoms with Gasteiger partial charge in [0.15, 0.2) is 0 Å². The predicted octanol–water partition coefficient (Wildman–Crippen LogP) is 4.25. The van der Waals surface area contributed by atoms with Crippen LogP contribution in [0.25, 0.3) is 0 Å². The molecule has 0 bridgehead atoms. The molecule has 0 saturated carbocycles. The fourth-order valence-corrected chi connectivity index (χ4v) is 2.49. The van der Waals surface area contributed by atoms with Crippen LogP contribution in [0.1, 0.15) is 42.6 Å². The molecule has 106 valence electrons. The number of aromatic hydroxyl groups is 1. The lowest BCUT2D eigenvalue weighted by Crippen LogP contribution is -2.23. The second-order valence-corrected chi connectivity index (χ2v) is 5.17. The van der Waals surface area contributed by atoms with Gasteiger partial charge in [-0.1, -0.05) is 30.3 Å². The summed E-state index contributed by atoms with van der Waals surface area (Å²) in [6.45, 7) is 6.06. The predicted molar refractivity (Wildman–Crippen MR) is 79.2 cm³/mol. The lowest BCUT2D eigenvalue weighted by molar-refractivity contribution is 0.454. The fourth-order valence-electron chi connectivity index (χ4n) is 2.49. The molecule has 0 aliphatic carbocycles. The minimum atomic E-state index is -0.387. The summed E-state index contributed by atoms with van der Waals surface area (Å²) in [5.41, 5.74) is 2.98. The minimum absolute atomic E-state index is 0.0506. The number of hydrogen-bond donors (Lipinski definition) is 2. The Kier molecular flexibility index (Phi) is 4.40. The highest BCUT2D eigenvalue weighted by molar-refractivity contribution is 5.31. The molecule has 2 atom stereocenters. The standard InChI is InChI=1S/C17H20FNO/c1-11-6-4-5-7-15(11)12(2)19-13(3)16-9-8-14(20)10-17(16)18/h4-10,12-13,19-20H,1-3H3/t12-,13?/m1/s1. The van der Waals surface area contributed by atoms with Gasteiger partial charge in [0.05, 0.1) is 0 Å². The van der Waals surface area contributed by atoms with E-state index in [0.29, 0.717) is 5.56 Å². The zero-order valence-electron chi connectivity index (χ0n) is 12.0. The van der Waals surface area contributed by atoms with Crippen LogP contribution in [0.5, 0.6) is 5.75 Å². The topological polar surface area (TPSA) is 32.3 Å². The second kappa shape index (κ2) is 6.06. The molecular formula is C17H20FNO. The van der Waals surface area contributed by atoms with Gasteiger partial charge in [0.25, 0.3) is 0 Å². The van der Waals surface area contributed by atoms with Crippen LogP contribution in [0, 0.1) is 12.7 Å². The molecule has 0 aliphatic rings. The lowest BCUT2D eigenvalue weighted by Gasteiger charge is -2.22. The Morgan fingerprint density at radius 1 is 1.00 bits per heavy atom. The highest BCUT2D eigenvalue weighted by Crippen LogP contribution is 2.25. The molecule has 0 spiro atoms. The molecule has 2 rings (SSSR count). The third-order valence-corrected chi connectivity index (χ3v) is 3.61. The van der Waals surface area contributed by atoms with Crippen LogP contribution in [0.15, 0.2) is 42.5 Å². The van der Waals surface area contributed by atoms with Crippen LogP contribution in [-0.4, -0.2) is 5.11 Å². The third-order valence-electron chi connectivity index (χ3n) is 3.61. The molecule has 0 fully saturated rings. The van der Waals surface area contributed by atoms with E-state index in [4.69, 9.17) is 0 Å². The highest BCUT2D eigenvalue weighted by Gasteiger charge is 2.15. The quantitative estimate of drug-likeness (QED) is 0.872. The summed E-state index contributed by atoms with van der Waals surface area (Å²) >= 11 is 0. The monoisotopic (exact) mass is 273 g/mol. The Bertz CT molecular complexity index is 597. The van der Waals surface area contributed by atoms with Crippen molar-refractivity contribution >= 4 is 0 Å².